The van der Waals surface area contributed by atoms with Gasteiger partial charge >= 0.3 is 0 Å². The molecule has 1 heterocycles. The van der Waals surface area contributed by atoms with Gasteiger partial charge in [-0.25, -0.2) is 0 Å². The van der Waals surface area contributed by atoms with Gasteiger partial charge in [0.2, 0.25) is 0 Å². The topological polar surface area (TPSA) is 89.5 Å². The van der Waals surface area contributed by atoms with E-state index in [9.17, 15) is 9.59 Å². The number of rotatable bonds is 4. The number of nitrogens with one attached hydrogen (secondary N) is 2. The summed E-state index contributed by atoms with van der Waals surface area (Å²) in [6.07, 6.45) is 1.49. The fourth-order valence-corrected chi connectivity index (χ4v) is 1.73. The Bertz CT molecular complexity index is 674. The summed E-state index contributed by atoms with van der Waals surface area (Å²) in [6, 6.07) is 9.69. The Labute approximate surface area is 127 Å². The Hall–Kier alpha value is -3.09. The average molecular weight is 301 g/mol. The molecule has 0 saturated carbocycles. The van der Waals surface area contributed by atoms with E-state index in [2.05, 4.69) is 15.8 Å². The summed E-state index contributed by atoms with van der Waals surface area (Å²) < 4.78 is 10.2. The molecule has 7 nitrogen and oxygen atoms in total. The van der Waals surface area contributed by atoms with Gasteiger partial charge in [-0.05, 0) is 30.3 Å². The monoisotopic (exact) mass is 301 g/mol. The number of nitrogens with zero attached hydrogens (tertiary/aromatic N) is 1. The molecule has 0 aliphatic heterocycles. The smallest absolute Gasteiger partial charge is 0.288 e. The molecular formula is C15H15N3O4. The summed E-state index contributed by atoms with van der Waals surface area (Å²) >= 11 is 0. The maximum absolute atomic E-state index is 12.1. The Balaban J connectivity index is 2.08. The molecule has 2 amide bonds. The van der Waals surface area contributed by atoms with Crippen LogP contribution in [0.3, 0.4) is 0 Å². The van der Waals surface area contributed by atoms with Crippen molar-refractivity contribution in [2.75, 3.05) is 14.2 Å². The van der Waals surface area contributed by atoms with Crippen LogP contribution in [0.15, 0.2) is 42.6 Å². The molecule has 0 bridgehead atoms. The lowest BCUT2D eigenvalue weighted by Crippen LogP contribution is -2.42. The predicted molar refractivity (Wildman–Crippen MR) is 78.7 cm³/mol. The normalized spacial score (nSPS) is 9.73. The first-order valence-electron chi connectivity index (χ1n) is 6.39. The molecule has 114 valence electrons. The van der Waals surface area contributed by atoms with Crippen LogP contribution in [0.2, 0.25) is 0 Å². The molecule has 7 heteroatoms. The van der Waals surface area contributed by atoms with E-state index in [1.807, 2.05) is 0 Å². The van der Waals surface area contributed by atoms with Crippen molar-refractivity contribution in [1.29, 1.82) is 0 Å². The average Bonchev–Trinajstić information content (AvgIpc) is 2.59. The minimum absolute atomic E-state index is 0.195. The molecule has 0 aliphatic carbocycles. The van der Waals surface area contributed by atoms with Crippen LogP contribution in [0.4, 0.5) is 0 Å². The zero-order valence-corrected chi connectivity index (χ0v) is 12.1. The molecule has 1 aromatic carbocycles. The van der Waals surface area contributed by atoms with E-state index < -0.39 is 11.8 Å². The van der Waals surface area contributed by atoms with Crippen molar-refractivity contribution in [3.8, 4) is 11.5 Å². The second kappa shape index (κ2) is 7.07. The van der Waals surface area contributed by atoms with Gasteiger partial charge in [-0.3, -0.25) is 25.4 Å². The molecule has 0 unspecified atom stereocenters. The van der Waals surface area contributed by atoms with Crippen LogP contribution >= 0.6 is 0 Å². The highest BCUT2D eigenvalue weighted by atomic mass is 16.5. The standard InChI is InChI=1S/C15H15N3O4/c1-21-10-6-7-13(22-2)11(9-10)14(19)17-18-15(20)12-5-3-4-8-16-12/h3-9H,1-2H3,(H,17,19)(H,18,20). The van der Waals surface area contributed by atoms with E-state index >= 15 is 0 Å². The Morgan fingerprint density at radius 3 is 2.41 bits per heavy atom. The van der Waals surface area contributed by atoms with Crippen LogP contribution in [0.1, 0.15) is 20.8 Å². The molecule has 0 fully saturated rings. The first-order valence-corrected chi connectivity index (χ1v) is 6.39. The second-order valence-electron chi connectivity index (χ2n) is 4.19. The highest BCUT2D eigenvalue weighted by molar-refractivity contribution is 6.00. The summed E-state index contributed by atoms with van der Waals surface area (Å²) in [6.45, 7) is 0. The van der Waals surface area contributed by atoms with Gasteiger partial charge in [0.25, 0.3) is 11.8 Å². The quantitative estimate of drug-likeness (QED) is 0.828. The second-order valence-corrected chi connectivity index (χ2v) is 4.19. The molecule has 0 spiro atoms. The minimum atomic E-state index is -0.528. The lowest BCUT2D eigenvalue weighted by molar-refractivity contribution is 0.0842. The van der Waals surface area contributed by atoms with Gasteiger partial charge in [0.15, 0.2) is 0 Å². The summed E-state index contributed by atoms with van der Waals surface area (Å²) in [5.41, 5.74) is 5.03. The third-order valence-corrected chi connectivity index (χ3v) is 2.84. The van der Waals surface area contributed by atoms with Gasteiger partial charge < -0.3 is 9.47 Å². The molecule has 0 radical (unpaired) electrons. The number of ether oxygens (including phenoxy) is 2. The molecular weight excluding hydrogens is 286 g/mol. The predicted octanol–water partition coefficient (Wildman–Crippen LogP) is 1.17. The highest BCUT2D eigenvalue weighted by Gasteiger charge is 2.15. The molecule has 2 rings (SSSR count). The van der Waals surface area contributed by atoms with Crippen LogP contribution in [0, 0.1) is 0 Å². The maximum atomic E-state index is 12.1. The lowest BCUT2D eigenvalue weighted by atomic mass is 10.2. The van der Waals surface area contributed by atoms with Gasteiger partial charge in [-0.15, -0.1) is 0 Å². The van der Waals surface area contributed by atoms with Crippen LogP contribution < -0.4 is 20.3 Å². The number of hydrogen-bond acceptors (Lipinski definition) is 5. The van der Waals surface area contributed by atoms with Crippen molar-refractivity contribution in [2.24, 2.45) is 0 Å². The van der Waals surface area contributed by atoms with Gasteiger partial charge in [0.05, 0.1) is 19.8 Å². The van der Waals surface area contributed by atoms with E-state index in [1.54, 1.807) is 24.3 Å². The SMILES string of the molecule is COc1ccc(OC)c(C(=O)NNC(=O)c2ccccn2)c1. The van der Waals surface area contributed by atoms with Crippen molar-refractivity contribution in [3.05, 3.63) is 53.9 Å². The number of pyridine rings is 1. The van der Waals surface area contributed by atoms with Gasteiger partial charge in [0.1, 0.15) is 17.2 Å². The third-order valence-electron chi connectivity index (χ3n) is 2.84. The fraction of sp³-hybridized carbons (Fsp3) is 0.133. The fourth-order valence-electron chi connectivity index (χ4n) is 1.73. The molecule has 22 heavy (non-hydrogen) atoms. The van der Waals surface area contributed by atoms with E-state index in [0.717, 1.165) is 0 Å². The van der Waals surface area contributed by atoms with Gasteiger partial charge in [0, 0.05) is 6.20 Å². The molecule has 0 atom stereocenters. The number of hydrogen-bond donors (Lipinski definition) is 2. The number of amides is 2. The van der Waals surface area contributed by atoms with Crippen molar-refractivity contribution >= 4 is 11.8 Å². The minimum Gasteiger partial charge on any atom is -0.497 e. The van der Waals surface area contributed by atoms with Crippen LogP contribution in [0.5, 0.6) is 11.5 Å². The molecule has 0 aliphatic rings. The van der Waals surface area contributed by atoms with Crippen LogP contribution in [0.25, 0.3) is 0 Å². The molecule has 0 saturated heterocycles. The summed E-state index contributed by atoms with van der Waals surface area (Å²) in [4.78, 5) is 27.8. The number of benzene rings is 1. The largest absolute Gasteiger partial charge is 0.497 e. The number of methoxy groups -OCH3 is 2. The van der Waals surface area contributed by atoms with Crippen molar-refractivity contribution in [1.82, 2.24) is 15.8 Å². The van der Waals surface area contributed by atoms with E-state index in [4.69, 9.17) is 9.47 Å². The molecule has 2 aromatic rings. The van der Waals surface area contributed by atoms with E-state index in [1.165, 1.54) is 32.5 Å². The first kappa shape index (κ1) is 15.3. The summed E-state index contributed by atoms with van der Waals surface area (Å²) in [7, 11) is 2.94. The number of hydrazine groups is 1. The first-order chi connectivity index (χ1) is 10.7. The maximum Gasteiger partial charge on any atom is 0.288 e. The van der Waals surface area contributed by atoms with Gasteiger partial charge in [-0.1, -0.05) is 6.07 Å². The third kappa shape index (κ3) is 3.51. The molecule has 2 N–H and O–H groups in total. The summed E-state index contributed by atoms with van der Waals surface area (Å²) in [5.74, 6) is -0.178. The van der Waals surface area contributed by atoms with Crippen molar-refractivity contribution < 1.29 is 19.1 Å². The number of carbonyl (C=O) groups is 2. The Kier molecular flexibility index (Phi) is 4.92. The highest BCUT2D eigenvalue weighted by Crippen LogP contribution is 2.23. The zero-order valence-electron chi connectivity index (χ0n) is 12.1. The Morgan fingerprint density at radius 1 is 1.00 bits per heavy atom. The van der Waals surface area contributed by atoms with Crippen molar-refractivity contribution in [3.63, 3.8) is 0 Å². The Morgan fingerprint density at radius 2 is 1.77 bits per heavy atom. The van der Waals surface area contributed by atoms with E-state index in [0.29, 0.717) is 11.5 Å². The van der Waals surface area contributed by atoms with Gasteiger partial charge in [-0.2, -0.15) is 0 Å². The summed E-state index contributed by atoms with van der Waals surface area (Å²) in [5, 5.41) is 0. The zero-order chi connectivity index (χ0) is 15.9. The van der Waals surface area contributed by atoms with Crippen LogP contribution in [-0.4, -0.2) is 31.0 Å². The number of carbonyl (C=O) groups excluding carboxylic acids is 2. The number of aromatic nitrogens is 1. The molecule has 1 aromatic heterocycles. The van der Waals surface area contributed by atoms with E-state index in [-0.39, 0.29) is 11.3 Å². The van der Waals surface area contributed by atoms with Crippen LogP contribution in [-0.2, 0) is 0 Å². The lowest BCUT2D eigenvalue weighted by Gasteiger charge is -2.11. The van der Waals surface area contributed by atoms with Crippen molar-refractivity contribution in [2.45, 2.75) is 0 Å².